The maximum atomic E-state index is 11.2. The number of carbonyl (C=O) groups is 1. The molecule has 148 valence electrons. The summed E-state index contributed by atoms with van der Waals surface area (Å²) in [6.07, 6.45) is 5.79. The maximum absolute atomic E-state index is 11.2. The molecular formula is C20H30IN5O. The Balaban J connectivity index is 0.00000261. The van der Waals surface area contributed by atoms with E-state index in [-0.39, 0.29) is 29.9 Å². The lowest BCUT2D eigenvalue weighted by Gasteiger charge is -2.34. The van der Waals surface area contributed by atoms with Gasteiger partial charge in [0, 0.05) is 51.4 Å². The van der Waals surface area contributed by atoms with Crippen LogP contribution in [0.5, 0.6) is 0 Å². The summed E-state index contributed by atoms with van der Waals surface area (Å²) in [5.41, 5.74) is 6.64. The van der Waals surface area contributed by atoms with Crippen molar-refractivity contribution in [1.29, 1.82) is 0 Å². The van der Waals surface area contributed by atoms with Crippen LogP contribution in [0.15, 0.2) is 41.5 Å². The summed E-state index contributed by atoms with van der Waals surface area (Å²) < 4.78 is 2.30. The molecule has 0 saturated carbocycles. The number of fused-ring (bicyclic) bond motifs is 1. The number of benzene rings is 1. The zero-order valence-corrected chi connectivity index (χ0v) is 18.3. The fraction of sp³-hybridized carbons (Fsp3) is 0.500. The lowest BCUT2D eigenvalue weighted by atomic mass is 9.95. The van der Waals surface area contributed by atoms with Crippen molar-refractivity contribution < 1.29 is 4.79 Å². The van der Waals surface area contributed by atoms with Crippen LogP contribution in [0, 0.1) is 5.92 Å². The number of likely N-dealkylation sites (tertiary alicyclic amines) is 1. The number of halogens is 1. The predicted octanol–water partition coefficient (Wildman–Crippen LogP) is 2.81. The Morgan fingerprint density at radius 2 is 2.15 bits per heavy atom. The van der Waals surface area contributed by atoms with Crippen molar-refractivity contribution >= 4 is 46.7 Å². The third kappa shape index (κ3) is 5.85. The van der Waals surface area contributed by atoms with Gasteiger partial charge in [-0.1, -0.05) is 18.2 Å². The van der Waals surface area contributed by atoms with Crippen molar-refractivity contribution in [2.24, 2.45) is 16.6 Å². The van der Waals surface area contributed by atoms with Crippen LogP contribution in [0.3, 0.4) is 0 Å². The Kier molecular flexibility index (Phi) is 8.40. The summed E-state index contributed by atoms with van der Waals surface area (Å²) in [5, 5.41) is 4.75. The molecule has 0 spiro atoms. The van der Waals surface area contributed by atoms with Crippen LogP contribution in [-0.2, 0) is 11.3 Å². The van der Waals surface area contributed by atoms with Crippen LogP contribution in [0.2, 0.25) is 0 Å². The Labute approximate surface area is 178 Å². The van der Waals surface area contributed by atoms with E-state index >= 15 is 0 Å². The zero-order chi connectivity index (χ0) is 18.4. The minimum Gasteiger partial charge on any atom is -0.370 e. The molecule has 3 rings (SSSR count). The number of amides is 1. The number of nitrogens with zero attached hydrogens (tertiary/aromatic N) is 3. The van der Waals surface area contributed by atoms with Gasteiger partial charge in [0.25, 0.3) is 0 Å². The summed E-state index contributed by atoms with van der Waals surface area (Å²) >= 11 is 0. The van der Waals surface area contributed by atoms with Gasteiger partial charge in [-0.2, -0.15) is 0 Å². The molecule has 1 aliphatic rings. The second-order valence-corrected chi connectivity index (χ2v) is 7.02. The van der Waals surface area contributed by atoms with Crippen LogP contribution < -0.4 is 11.1 Å². The third-order valence-corrected chi connectivity index (χ3v) is 5.06. The van der Waals surface area contributed by atoms with E-state index in [0.717, 1.165) is 51.4 Å². The lowest BCUT2D eigenvalue weighted by Crippen LogP contribution is -2.47. The van der Waals surface area contributed by atoms with Gasteiger partial charge in [0.15, 0.2) is 5.96 Å². The van der Waals surface area contributed by atoms with Gasteiger partial charge < -0.3 is 20.5 Å². The molecule has 7 heteroatoms. The summed E-state index contributed by atoms with van der Waals surface area (Å²) in [6.45, 7) is 3.68. The minimum atomic E-state index is -0.209. The lowest BCUT2D eigenvalue weighted by molar-refractivity contribution is -0.119. The first kappa shape index (κ1) is 21.5. The molecule has 1 unspecified atom stereocenters. The minimum absolute atomic E-state index is 0. The average Bonchev–Trinajstić information content (AvgIpc) is 3.05. The van der Waals surface area contributed by atoms with Crippen molar-refractivity contribution in [3.05, 3.63) is 36.5 Å². The highest BCUT2D eigenvalue weighted by molar-refractivity contribution is 14.0. The van der Waals surface area contributed by atoms with Gasteiger partial charge >= 0.3 is 0 Å². The topological polar surface area (TPSA) is 75.7 Å². The summed E-state index contributed by atoms with van der Waals surface area (Å²) in [4.78, 5) is 17.9. The summed E-state index contributed by atoms with van der Waals surface area (Å²) in [7, 11) is 1.82. The van der Waals surface area contributed by atoms with E-state index in [2.05, 4.69) is 56.3 Å². The van der Waals surface area contributed by atoms with Gasteiger partial charge in [0.2, 0.25) is 5.91 Å². The molecule has 0 radical (unpaired) electrons. The molecule has 3 N–H and O–H groups in total. The number of nitrogens with two attached hydrogens (primary N) is 1. The first-order valence-corrected chi connectivity index (χ1v) is 9.45. The van der Waals surface area contributed by atoms with E-state index in [1.165, 1.54) is 10.9 Å². The molecule has 1 atom stereocenters. The van der Waals surface area contributed by atoms with Crippen LogP contribution >= 0.6 is 24.0 Å². The van der Waals surface area contributed by atoms with E-state index in [1.54, 1.807) is 0 Å². The number of rotatable bonds is 6. The molecule has 2 heterocycles. The van der Waals surface area contributed by atoms with Gasteiger partial charge in [-0.25, -0.2) is 0 Å². The Morgan fingerprint density at radius 1 is 1.33 bits per heavy atom. The number of para-hydroxylation sites is 1. The van der Waals surface area contributed by atoms with Crippen molar-refractivity contribution in [3.63, 3.8) is 0 Å². The summed E-state index contributed by atoms with van der Waals surface area (Å²) in [5.74, 6) is 1.06. The van der Waals surface area contributed by atoms with Crippen LogP contribution in [-0.4, -0.2) is 48.0 Å². The molecule has 1 fully saturated rings. The Bertz CT molecular complexity index is 773. The molecule has 1 saturated heterocycles. The number of hydrogen-bond acceptors (Lipinski definition) is 2. The molecular weight excluding hydrogens is 453 g/mol. The van der Waals surface area contributed by atoms with Gasteiger partial charge in [0.05, 0.1) is 0 Å². The van der Waals surface area contributed by atoms with E-state index in [4.69, 9.17) is 5.73 Å². The number of aromatic nitrogens is 1. The fourth-order valence-electron chi connectivity index (χ4n) is 3.83. The SMILES string of the molecule is CN=C(NCCCn1ccc2ccccc21)N1CCCC(CC(N)=O)C1.I. The Morgan fingerprint density at radius 3 is 2.93 bits per heavy atom. The number of nitrogens with one attached hydrogen (secondary N) is 1. The van der Waals surface area contributed by atoms with E-state index in [1.807, 2.05) is 7.05 Å². The Hall–Kier alpha value is -1.77. The molecule has 6 nitrogen and oxygen atoms in total. The number of aliphatic imine (C=N–C) groups is 1. The second kappa shape index (κ2) is 10.5. The van der Waals surface area contributed by atoms with E-state index < -0.39 is 0 Å². The maximum Gasteiger partial charge on any atom is 0.217 e. The van der Waals surface area contributed by atoms with Crippen molar-refractivity contribution in [3.8, 4) is 0 Å². The molecule has 1 aromatic carbocycles. The molecule has 27 heavy (non-hydrogen) atoms. The molecule has 1 aliphatic heterocycles. The van der Waals surface area contributed by atoms with Crippen molar-refractivity contribution in [2.75, 3.05) is 26.7 Å². The molecule has 1 amide bonds. The zero-order valence-electron chi connectivity index (χ0n) is 15.9. The number of piperidine rings is 1. The predicted molar refractivity (Wildman–Crippen MR) is 121 cm³/mol. The van der Waals surface area contributed by atoms with Gasteiger partial charge in [-0.05, 0) is 42.7 Å². The van der Waals surface area contributed by atoms with E-state index in [0.29, 0.717) is 12.3 Å². The number of aryl methyl sites for hydroxylation is 1. The first-order valence-electron chi connectivity index (χ1n) is 9.45. The number of guanidine groups is 1. The first-order chi connectivity index (χ1) is 12.7. The molecule has 0 aliphatic carbocycles. The largest absolute Gasteiger partial charge is 0.370 e. The highest BCUT2D eigenvalue weighted by Gasteiger charge is 2.23. The number of hydrogen-bond donors (Lipinski definition) is 2. The number of primary amides is 1. The normalized spacial score (nSPS) is 17.6. The van der Waals surface area contributed by atoms with Crippen LogP contribution in [0.25, 0.3) is 10.9 Å². The average molecular weight is 483 g/mol. The summed E-state index contributed by atoms with van der Waals surface area (Å²) in [6, 6.07) is 10.6. The van der Waals surface area contributed by atoms with Gasteiger partial charge in [-0.15, -0.1) is 24.0 Å². The monoisotopic (exact) mass is 483 g/mol. The van der Waals surface area contributed by atoms with Crippen LogP contribution in [0.4, 0.5) is 0 Å². The second-order valence-electron chi connectivity index (χ2n) is 7.02. The highest BCUT2D eigenvalue weighted by atomic mass is 127. The smallest absolute Gasteiger partial charge is 0.217 e. The fourth-order valence-corrected chi connectivity index (χ4v) is 3.83. The number of carbonyl (C=O) groups excluding carboxylic acids is 1. The highest BCUT2D eigenvalue weighted by Crippen LogP contribution is 2.19. The van der Waals surface area contributed by atoms with Crippen molar-refractivity contribution in [1.82, 2.24) is 14.8 Å². The quantitative estimate of drug-likeness (QED) is 0.287. The van der Waals surface area contributed by atoms with Crippen molar-refractivity contribution in [2.45, 2.75) is 32.2 Å². The molecule has 1 aromatic heterocycles. The van der Waals surface area contributed by atoms with Crippen LogP contribution in [0.1, 0.15) is 25.7 Å². The molecule has 2 aromatic rings. The standard InChI is InChI=1S/C20H29N5O.HI/c1-22-20(25-11-4-6-16(15-25)14-19(21)26)23-10-5-12-24-13-9-17-7-2-3-8-18(17)24;/h2-3,7-9,13,16H,4-6,10-12,14-15H2,1H3,(H2,21,26)(H,22,23);1H. The van der Waals surface area contributed by atoms with Gasteiger partial charge in [0.1, 0.15) is 0 Å². The molecule has 0 bridgehead atoms. The third-order valence-electron chi connectivity index (χ3n) is 5.06. The van der Waals surface area contributed by atoms with E-state index in [9.17, 15) is 4.79 Å². The van der Waals surface area contributed by atoms with Gasteiger partial charge in [-0.3, -0.25) is 9.79 Å².